The summed E-state index contributed by atoms with van der Waals surface area (Å²) in [5, 5.41) is 8.94. The van der Waals surface area contributed by atoms with Crippen molar-refractivity contribution >= 4 is 5.97 Å². The second-order valence-corrected chi connectivity index (χ2v) is 4.28. The summed E-state index contributed by atoms with van der Waals surface area (Å²) in [6, 6.07) is 3.23. The maximum atomic E-state index is 13.6. The summed E-state index contributed by atoms with van der Waals surface area (Å²) >= 11 is 0. The fraction of sp³-hybridized carbons (Fsp3) is 0.462. The molecule has 0 saturated carbocycles. The van der Waals surface area contributed by atoms with E-state index in [0.717, 1.165) is 18.2 Å². The van der Waals surface area contributed by atoms with Crippen molar-refractivity contribution in [2.45, 2.75) is 25.7 Å². The quantitative estimate of drug-likeness (QED) is 0.823. The number of carbonyl (C=O) groups is 1. The number of carboxylic acid groups (broad SMARTS) is 1. The summed E-state index contributed by atoms with van der Waals surface area (Å²) in [5.74, 6) is -3.12. The summed E-state index contributed by atoms with van der Waals surface area (Å²) in [7, 11) is 0. The third-order valence-corrected chi connectivity index (χ3v) is 3.09. The van der Waals surface area contributed by atoms with Gasteiger partial charge in [0.25, 0.3) is 0 Å². The van der Waals surface area contributed by atoms with Gasteiger partial charge in [0.2, 0.25) is 0 Å². The van der Waals surface area contributed by atoms with Crippen LogP contribution in [0.1, 0.15) is 31.2 Å². The predicted octanol–water partition coefficient (Wildman–Crippen LogP) is 2.51. The summed E-state index contributed by atoms with van der Waals surface area (Å²) in [5.41, 5.74) is 5.59. The first-order valence-corrected chi connectivity index (χ1v) is 5.87. The maximum absolute atomic E-state index is 13.6. The topological polar surface area (TPSA) is 63.3 Å². The van der Waals surface area contributed by atoms with Crippen LogP contribution in [0.5, 0.6) is 0 Å². The molecule has 0 radical (unpaired) electrons. The molecule has 2 unspecified atom stereocenters. The number of nitrogens with two attached hydrogens (primary N) is 1. The van der Waals surface area contributed by atoms with Gasteiger partial charge in [-0.2, -0.15) is 0 Å². The molecule has 0 bridgehead atoms. The molecule has 0 amide bonds. The Kier molecular flexibility index (Phi) is 5.22. The van der Waals surface area contributed by atoms with Gasteiger partial charge >= 0.3 is 5.97 Å². The molecule has 100 valence electrons. The fourth-order valence-corrected chi connectivity index (χ4v) is 1.98. The standard InChI is InChI=1S/C13H17F2NO2/c1-2-8(5-9(7-16)13(17)18)11-6-10(14)3-4-12(11)15/h3-4,6,8-9H,2,5,7,16H2,1H3,(H,17,18). The Morgan fingerprint density at radius 3 is 2.61 bits per heavy atom. The van der Waals surface area contributed by atoms with Crippen molar-refractivity contribution in [1.82, 2.24) is 0 Å². The van der Waals surface area contributed by atoms with Crippen molar-refractivity contribution in [2.75, 3.05) is 6.54 Å². The third kappa shape index (κ3) is 3.50. The number of halogens is 2. The molecule has 0 spiro atoms. The van der Waals surface area contributed by atoms with Crippen molar-refractivity contribution in [1.29, 1.82) is 0 Å². The van der Waals surface area contributed by atoms with E-state index in [1.165, 1.54) is 0 Å². The van der Waals surface area contributed by atoms with Crippen LogP contribution >= 0.6 is 0 Å². The molecular formula is C13H17F2NO2. The molecule has 2 atom stereocenters. The lowest BCUT2D eigenvalue weighted by atomic mass is 9.86. The average molecular weight is 257 g/mol. The molecule has 1 aromatic carbocycles. The molecule has 0 aliphatic heterocycles. The van der Waals surface area contributed by atoms with Crippen LogP contribution in [0.3, 0.4) is 0 Å². The number of hydrogen-bond donors (Lipinski definition) is 2. The average Bonchev–Trinajstić information content (AvgIpc) is 2.34. The van der Waals surface area contributed by atoms with E-state index in [-0.39, 0.29) is 24.4 Å². The highest BCUT2D eigenvalue weighted by Gasteiger charge is 2.23. The molecule has 18 heavy (non-hydrogen) atoms. The van der Waals surface area contributed by atoms with Gasteiger partial charge in [0.1, 0.15) is 11.6 Å². The SMILES string of the molecule is CCC(CC(CN)C(=O)O)c1cc(F)ccc1F. The third-order valence-electron chi connectivity index (χ3n) is 3.09. The highest BCUT2D eigenvalue weighted by atomic mass is 19.1. The van der Waals surface area contributed by atoms with Crippen molar-refractivity contribution in [3.8, 4) is 0 Å². The minimum atomic E-state index is -1.01. The van der Waals surface area contributed by atoms with Crippen molar-refractivity contribution in [3.05, 3.63) is 35.4 Å². The highest BCUT2D eigenvalue weighted by molar-refractivity contribution is 5.70. The molecule has 3 N–H and O–H groups in total. The number of benzene rings is 1. The number of carboxylic acids is 1. The van der Waals surface area contributed by atoms with E-state index in [1.807, 2.05) is 6.92 Å². The van der Waals surface area contributed by atoms with Crippen LogP contribution in [0.25, 0.3) is 0 Å². The number of hydrogen-bond acceptors (Lipinski definition) is 2. The second kappa shape index (κ2) is 6.44. The molecule has 0 heterocycles. The summed E-state index contributed by atoms with van der Waals surface area (Å²) < 4.78 is 26.7. The van der Waals surface area contributed by atoms with E-state index < -0.39 is 23.5 Å². The first-order chi connectivity index (χ1) is 8.49. The van der Waals surface area contributed by atoms with Crippen LogP contribution < -0.4 is 5.73 Å². The van der Waals surface area contributed by atoms with Crippen LogP contribution in [0, 0.1) is 17.6 Å². The van der Waals surface area contributed by atoms with Crippen molar-refractivity contribution in [2.24, 2.45) is 11.7 Å². The zero-order valence-electron chi connectivity index (χ0n) is 10.2. The van der Waals surface area contributed by atoms with Gasteiger partial charge in [0, 0.05) is 6.54 Å². The molecule has 0 aliphatic rings. The van der Waals surface area contributed by atoms with Gasteiger partial charge in [-0.25, -0.2) is 8.78 Å². The molecule has 0 aromatic heterocycles. The molecule has 3 nitrogen and oxygen atoms in total. The fourth-order valence-electron chi connectivity index (χ4n) is 1.98. The Hall–Kier alpha value is -1.49. The van der Waals surface area contributed by atoms with Gasteiger partial charge in [0.15, 0.2) is 0 Å². The molecule has 1 aromatic rings. The first-order valence-electron chi connectivity index (χ1n) is 5.87. The van der Waals surface area contributed by atoms with Gasteiger partial charge < -0.3 is 10.8 Å². The van der Waals surface area contributed by atoms with Crippen LogP contribution in [-0.2, 0) is 4.79 Å². The minimum Gasteiger partial charge on any atom is -0.481 e. The van der Waals surface area contributed by atoms with Gasteiger partial charge in [0.05, 0.1) is 5.92 Å². The van der Waals surface area contributed by atoms with E-state index in [9.17, 15) is 13.6 Å². The Labute approximate surface area is 105 Å². The number of rotatable bonds is 6. The van der Waals surface area contributed by atoms with Gasteiger partial charge in [-0.05, 0) is 42.5 Å². The molecule has 0 aliphatic carbocycles. The Morgan fingerprint density at radius 1 is 1.44 bits per heavy atom. The van der Waals surface area contributed by atoms with Gasteiger partial charge in [-0.15, -0.1) is 0 Å². The zero-order valence-corrected chi connectivity index (χ0v) is 10.2. The molecule has 0 saturated heterocycles. The maximum Gasteiger partial charge on any atom is 0.307 e. The lowest BCUT2D eigenvalue weighted by Crippen LogP contribution is -2.25. The van der Waals surface area contributed by atoms with E-state index in [2.05, 4.69) is 0 Å². The first kappa shape index (κ1) is 14.6. The van der Waals surface area contributed by atoms with Crippen molar-refractivity contribution in [3.63, 3.8) is 0 Å². The summed E-state index contributed by atoms with van der Waals surface area (Å²) in [4.78, 5) is 10.9. The molecule has 1 rings (SSSR count). The molecule has 5 heteroatoms. The van der Waals surface area contributed by atoms with E-state index >= 15 is 0 Å². The highest BCUT2D eigenvalue weighted by Crippen LogP contribution is 2.29. The zero-order chi connectivity index (χ0) is 13.7. The second-order valence-electron chi connectivity index (χ2n) is 4.28. The monoisotopic (exact) mass is 257 g/mol. The normalized spacial score (nSPS) is 14.2. The van der Waals surface area contributed by atoms with Crippen LogP contribution in [0.4, 0.5) is 8.78 Å². The van der Waals surface area contributed by atoms with Crippen LogP contribution in [0.2, 0.25) is 0 Å². The Bertz CT molecular complexity index is 423. The van der Waals surface area contributed by atoms with Gasteiger partial charge in [-0.3, -0.25) is 4.79 Å². The van der Waals surface area contributed by atoms with Gasteiger partial charge in [-0.1, -0.05) is 6.92 Å². The molecular weight excluding hydrogens is 240 g/mol. The van der Waals surface area contributed by atoms with Crippen LogP contribution in [0.15, 0.2) is 18.2 Å². The summed E-state index contributed by atoms with van der Waals surface area (Å²) in [6.45, 7) is 1.80. The largest absolute Gasteiger partial charge is 0.481 e. The van der Waals surface area contributed by atoms with Crippen molar-refractivity contribution < 1.29 is 18.7 Å². The smallest absolute Gasteiger partial charge is 0.307 e. The molecule has 0 fully saturated rings. The Morgan fingerprint density at radius 2 is 2.11 bits per heavy atom. The van der Waals surface area contributed by atoms with E-state index in [4.69, 9.17) is 10.8 Å². The van der Waals surface area contributed by atoms with E-state index in [0.29, 0.717) is 6.42 Å². The lowest BCUT2D eigenvalue weighted by Gasteiger charge is -2.19. The van der Waals surface area contributed by atoms with Crippen LogP contribution in [-0.4, -0.2) is 17.6 Å². The lowest BCUT2D eigenvalue weighted by molar-refractivity contribution is -0.141. The predicted molar refractivity (Wildman–Crippen MR) is 64.2 cm³/mol. The Balaban J connectivity index is 2.95. The van der Waals surface area contributed by atoms with E-state index in [1.54, 1.807) is 0 Å². The summed E-state index contributed by atoms with van der Waals surface area (Å²) in [6.07, 6.45) is 0.743. The number of aliphatic carboxylic acids is 1. The minimum absolute atomic E-state index is 0.0111.